The van der Waals surface area contributed by atoms with Crippen molar-refractivity contribution in [1.29, 1.82) is 0 Å². The highest BCUT2D eigenvalue weighted by Gasteiger charge is 2.12. The summed E-state index contributed by atoms with van der Waals surface area (Å²) in [6.45, 7) is 0. The average molecular weight is 366 g/mol. The van der Waals surface area contributed by atoms with Gasteiger partial charge in [-0.3, -0.25) is 0 Å². The fraction of sp³-hybridized carbons (Fsp3) is 0.143. The van der Waals surface area contributed by atoms with Crippen LogP contribution < -0.4 is 0 Å². The Morgan fingerprint density at radius 1 is 0.947 bits per heavy atom. The van der Waals surface area contributed by atoms with E-state index < -0.39 is 11.6 Å². The van der Waals surface area contributed by atoms with Gasteiger partial charge in [-0.1, -0.05) is 51.3 Å². The molecule has 0 aromatic heterocycles. The molecular weight excluding hydrogens is 357 g/mol. The van der Waals surface area contributed by atoms with Crippen LogP contribution in [0.5, 0.6) is 0 Å². The molecule has 5 heteroatoms. The molecule has 100 valence electrons. The third kappa shape index (κ3) is 3.68. The van der Waals surface area contributed by atoms with Crippen LogP contribution in [-0.4, -0.2) is 0 Å². The summed E-state index contributed by atoms with van der Waals surface area (Å²) >= 11 is 15.2. The van der Waals surface area contributed by atoms with Crippen molar-refractivity contribution in [2.24, 2.45) is 0 Å². The molecule has 0 fully saturated rings. The lowest BCUT2D eigenvalue weighted by atomic mass is 10.0. The van der Waals surface area contributed by atoms with Crippen LogP contribution in [0, 0.1) is 11.6 Å². The van der Waals surface area contributed by atoms with Crippen LogP contribution in [0.3, 0.4) is 0 Å². The van der Waals surface area contributed by atoms with Gasteiger partial charge in [-0.15, -0.1) is 0 Å². The summed E-state index contributed by atoms with van der Waals surface area (Å²) < 4.78 is 26.0. The maximum absolute atomic E-state index is 13.2. The summed E-state index contributed by atoms with van der Waals surface area (Å²) in [5.41, 5.74) is 1.63. The van der Waals surface area contributed by atoms with Crippen LogP contribution in [0.1, 0.15) is 16.0 Å². The number of alkyl halides is 1. The quantitative estimate of drug-likeness (QED) is 0.589. The van der Waals surface area contributed by atoms with Crippen molar-refractivity contribution in [3.05, 3.63) is 69.2 Å². The Morgan fingerprint density at radius 2 is 1.68 bits per heavy atom. The summed E-state index contributed by atoms with van der Waals surface area (Å²) in [6.07, 6.45) is 0.599. The summed E-state index contributed by atoms with van der Waals surface area (Å²) in [4.78, 5) is -0.125. The van der Waals surface area contributed by atoms with Crippen LogP contribution >= 0.6 is 39.1 Å². The van der Waals surface area contributed by atoms with E-state index in [0.717, 1.165) is 11.6 Å². The molecule has 0 N–H and O–H groups in total. The highest BCUT2D eigenvalue weighted by atomic mass is 79.9. The first-order chi connectivity index (χ1) is 8.97. The molecule has 1 unspecified atom stereocenters. The zero-order valence-electron chi connectivity index (χ0n) is 9.64. The average Bonchev–Trinajstić information content (AvgIpc) is 2.37. The molecule has 0 spiro atoms. The third-order valence-electron chi connectivity index (χ3n) is 2.70. The first-order valence-electron chi connectivity index (χ1n) is 5.50. The number of halogens is 5. The summed E-state index contributed by atoms with van der Waals surface area (Å²) in [7, 11) is 0. The number of benzene rings is 2. The normalized spacial score (nSPS) is 12.5. The van der Waals surface area contributed by atoms with Gasteiger partial charge in [-0.25, -0.2) is 8.78 Å². The lowest BCUT2D eigenvalue weighted by Gasteiger charge is -2.11. The van der Waals surface area contributed by atoms with Crippen molar-refractivity contribution in [3.8, 4) is 0 Å². The molecule has 2 rings (SSSR count). The van der Waals surface area contributed by atoms with Gasteiger partial charge in [0.2, 0.25) is 0 Å². The van der Waals surface area contributed by atoms with Gasteiger partial charge in [0.05, 0.1) is 10.0 Å². The monoisotopic (exact) mass is 364 g/mol. The van der Waals surface area contributed by atoms with Gasteiger partial charge < -0.3 is 0 Å². The van der Waals surface area contributed by atoms with Gasteiger partial charge in [0.25, 0.3) is 0 Å². The molecular formula is C14H9BrCl2F2. The Balaban J connectivity index is 2.17. The molecule has 0 saturated carbocycles. The molecule has 0 heterocycles. The van der Waals surface area contributed by atoms with Gasteiger partial charge in [-0.05, 0) is 41.8 Å². The lowest BCUT2D eigenvalue weighted by Crippen LogP contribution is -1.97. The van der Waals surface area contributed by atoms with E-state index in [9.17, 15) is 8.78 Å². The molecule has 0 saturated heterocycles. The van der Waals surface area contributed by atoms with Crippen molar-refractivity contribution in [3.63, 3.8) is 0 Å². The van der Waals surface area contributed by atoms with Gasteiger partial charge >= 0.3 is 0 Å². The maximum atomic E-state index is 13.2. The summed E-state index contributed by atoms with van der Waals surface area (Å²) in [5, 5.41) is 0.966. The molecule has 0 nitrogen and oxygen atoms in total. The Labute approximate surface area is 128 Å². The number of rotatable bonds is 3. The van der Waals surface area contributed by atoms with Crippen LogP contribution in [0.25, 0.3) is 0 Å². The third-order valence-corrected chi connectivity index (χ3v) is 4.30. The van der Waals surface area contributed by atoms with Gasteiger partial charge in [0.15, 0.2) is 11.6 Å². The second kappa shape index (κ2) is 6.21. The van der Waals surface area contributed by atoms with E-state index in [1.807, 2.05) is 6.07 Å². The molecule has 0 aliphatic carbocycles. The minimum absolute atomic E-state index is 0.125. The largest absolute Gasteiger partial charge is 0.204 e. The lowest BCUT2D eigenvalue weighted by molar-refractivity contribution is 0.507. The number of hydrogen-bond donors (Lipinski definition) is 0. The molecule has 19 heavy (non-hydrogen) atoms. The van der Waals surface area contributed by atoms with E-state index in [-0.39, 0.29) is 4.83 Å². The topological polar surface area (TPSA) is 0 Å². The first-order valence-corrected chi connectivity index (χ1v) is 7.17. The van der Waals surface area contributed by atoms with Crippen molar-refractivity contribution in [2.75, 3.05) is 0 Å². The highest BCUT2D eigenvalue weighted by molar-refractivity contribution is 9.09. The van der Waals surface area contributed by atoms with Crippen molar-refractivity contribution >= 4 is 39.1 Å². The molecule has 0 bridgehead atoms. The van der Waals surface area contributed by atoms with E-state index in [4.69, 9.17) is 23.2 Å². The summed E-state index contributed by atoms with van der Waals surface area (Å²) in [5.74, 6) is -1.70. The van der Waals surface area contributed by atoms with E-state index in [0.29, 0.717) is 22.0 Å². The molecule has 0 aliphatic rings. The number of hydrogen-bond acceptors (Lipinski definition) is 0. The Morgan fingerprint density at radius 3 is 2.32 bits per heavy atom. The van der Waals surface area contributed by atoms with Gasteiger partial charge in [-0.2, -0.15) is 0 Å². The smallest absolute Gasteiger partial charge is 0.159 e. The zero-order valence-corrected chi connectivity index (χ0v) is 12.7. The molecule has 2 aromatic rings. The van der Waals surface area contributed by atoms with Crippen molar-refractivity contribution in [2.45, 2.75) is 11.2 Å². The Kier molecular flexibility index (Phi) is 4.82. The molecule has 0 radical (unpaired) electrons. The van der Waals surface area contributed by atoms with E-state index in [2.05, 4.69) is 15.9 Å². The van der Waals surface area contributed by atoms with Crippen LogP contribution in [-0.2, 0) is 6.42 Å². The van der Waals surface area contributed by atoms with Crippen molar-refractivity contribution in [1.82, 2.24) is 0 Å². The van der Waals surface area contributed by atoms with E-state index >= 15 is 0 Å². The van der Waals surface area contributed by atoms with Crippen LogP contribution in [0.2, 0.25) is 10.0 Å². The predicted octanol–water partition coefficient (Wildman–Crippen LogP) is 5.95. The minimum atomic E-state index is -0.851. The SMILES string of the molecule is Fc1ccc(C(Br)Cc2ccc(Cl)c(Cl)c2)cc1F. The van der Waals surface area contributed by atoms with Crippen molar-refractivity contribution < 1.29 is 8.78 Å². The van der Waals surface area contributed by atoms with Crippen LogP contribution in [0.15, 0.2) is 36.4 Å². The Bertz CT molecular complexity index is 602. The second-order valence-corrected chi connectivity index (χ2v) is 6.01. The van der Waals surface area contributed by atoms with E-state index in [1.165, 1.54) is 6.07 Å². The zero-order chi connectivity index (χ0) is 14.0. The summed E-state index contributed by atoms with van der Waals surface area (Å²) in [6, 6.07) is 9.18. The standard InChI is InChI=1S/C14H9BrCl2F2/c15-10(9-2-4-13(18)14(19)7-9)5-8-1-3-11(16)12(17)6-8/h1-4,6-7,10H,5H2. The maximum Gasteiger partial charge on any atom is 0.159 e. The fourth-order valence-electron chi connectivity index (χ4n) is 1.70. The molecule has 1 atom stereocenters. The van der Waals surface area contributed by atoms with E-state index in [1.54, 1.807) is 18.2 Å². The molecule has 0 aliphatic heterocycles. The second-order valence-electron chi connectivity index (χ2n) is 4.09. The Hall–Kier alpha value is -0.640. The van der Waals surface area contributed by atoms with Gasteiger partial charge in [0.1, 0.15) is 0 Å². The van der Waals surface area contributed by atoms with Crippen LogP contribution in [0.4, 0.5) is 8.78 Å². The first kappa shape index (κ1) is 14.8. The minimum Gasteiger partial charge on any atom is -0.204 e. The molecule has 2 aromatic carbocycles. The molecule has 0 amide bonds. The van der Waals surface area contributed by atoms with Gasteiger partial charge in [0, 0.05) is 4.83 Å². The fourth-order valence-corrected chi connectivity index (χ4v) is 2.68. The highest BCUT2D eigenvalue weighted by Crippen LogP contribution is 2.30. The predicted molar refractivity (Wildman–Crippen MR) is 78.2 cm³/mol.